The summed E-state index contributed by atoms with van der Waals surface area (Å²) in [7, 11) is 1.54. The Morgan fingerprint density at radius 1 is 1.42 bits per heavy atom. The third-order valence-electron chi connectivity index (χ3n) is 7.38. The minimum Gasteiger partial charge on any atom is -0.478 e. The number of fused-ring (bicyclic) bond motifs is 1. The fourth-order valence-electron chi connectivity index (χ4n) is 5.51. The highest BCUT2D eigenvalue weighted by Crippen LogP contribution is 2.61. The summed E-state index contributed by atoms with van der Waals surface area (Å²) < 4.78 is 10.3. The van der Waals surface area contributed by atoms with Crippen LogP contribution < -0.4 is 0 Å². The maximum absolute atomic E-state index is 12.0. The van der Waals surface area contributed by atoms with E-state index in [1.807, 2.05) is 12.2 Å². The van der Waals surface area contributed by atoms with Crippen LogP contribution in [-0.2, 0) is 19.1 Å². The van der Waals surface area contributed by atoms with Crippen LogP contribution in [0, 0.1) is 22.7 Å². The molecule has 3 rings (SSSR count). The van der Waals surface area contributed by atoms with Crippen molar-refractivity contribution in [1.82, 2.24) is 0 Å². The van der Waals surface area contributed by atoms with Crippen molar-refractivity contribution < 1.29 is 24.2 Å². The molecule has 5 atom stereocenters. The van der Waals surface area contributed by atoms with Gasteiger partial charge in [-0.15, -0.1) is 0 Å². The molecule has 0 aromatic heterocycles. The van der Waals surface area contributed by atoms with Crippen molar-refractivity contribution in [2.24, 2.45) is 22.7 Å². The molecule has 5 nitrogen and oxygen atoms in total. The standard InChI is InChI=1S/C21H30O5/c1-13-8-10-21(3)15(18(22)23)6-5-7-16(21)20(13,2)11-9-14-12-17(25-4)26-19(14)24/h6,9,13,16-17H,5,7-8,10-12H2,1-4H3,(H,22,23)/t13-,16-,17+,20+,21+/m1/s1. The van der Waals surface area contributed by atoms with E-state index in [-0.39, 0.29) is 16.8 Å². The van der Waals surface area contributed by atoms with Crippen molar-refractivity contribution in [3.8, 4) is 0 Å². The summed E-state index contributed by atoms with van der Waals surface area (Å²) in [5.74, 6) is -0.306. The topological polar surface area (TPSA) is 72.8 Å². The highest BCUT2D eigenvalue weighted by Gasteiger charge is 2.55. The van der Waals surface area contributed by atoms with Gasteiger partial charge in [0, 0.05) is 30.1 Å². The third kappa shape index (κ3) is 3.00. The number of methoxy groups -OCH3 is 1. The predicted molar refractivity (Wildman–Crippen MR) is 97.3 cm³/mol. The number of allylic oxidation sites excluding steroid dienone is 2. The summed E-state index contributed by atoms with van der Waals surface area (Å²) >= 11 is 0. The summed E-state index contributed by atoms with van der Waals surface area (Å²) in [6.07, 6.45) is 8.44. The van der Waals surface area contributed by atoms with E-state index < -0.39 is 12.3 Å². The molecule has 0 aromatic rings. The fraction of sp³-hybridized carbons (Fsp3) is 0.714. The molecule has 1 aliphatic heterocycles. The first kappa shape index (κ1) is 19.2. The van der Waals surface area contributed by atoms with Gasteiger partial charge in [0.15, 0.2) is 0 Å². The lowest BCUT2D eigenvalue weighted by atomic mass is 9.47. The van der Waals surface area contributed by atoms with Crippen LogP contribution in [0.1, 0.15) is 59.3 Å². The van der Waals surface area contributed by atoms with E-state index in [1.54, 1.807) is 7.11 Å². The number of carboxylic acid groups (broad SMARTS) is 1. The lowest BCUT2D eigenvalue weighted by molar-refractivity contribution is -0.156. The maximum Gasteiger partial charge on any atom is 0.336 e. The molecule has 2 fully saturated rings. The van der Waals surface area contributed by atoms with E-state index in [1.165, 1.54) is 0 Å². The van der Waals surface area contributed by atoms with Gasteiger partial charge in [-0.2, -0.15) is 0 Å². The van der Waals surface area contributed by atoms with E-state index >= 15 is 0 Å². The fourth-order valence-corrected chi connectivity index (χ4v) is 5.51. The average Bonchev–Trinajstić information content (AvgIpc) is 2.96. The van der Waals surface area contributed by atoms with Crippen LogP contribution in [0.15, 0.2) is 23.3 Å². The number of cyclic esters (lactones) is 1. The molecule has 0 bridgehead atoms. The van der Waals surface area contributed by atoms with Crippen LogP contribution >= 0.6 is 0 Å². The molecule has 1 N–H and O–H groups in total. The molecule has 5 heteroatoms. The number of hydrogen-bond donors (Lipinski definition) is 1. The average molecular weight is 362 g/mol. The summed E-state index contributed by atoms with van der Waals surface area (Å²) in [6, 6.07) is 0. The second-order valence-corrected chi connectivity index (χ2v) is 8.62. The van der Waals surface area contributed by atoms with E-state index in [0.29, 0.717) is 29.4 Å². The zero-order chi connectivity index (χ0) is 19.1. The van der Waals surface area contributed by atoms with E-state index in [2.05, 4.69) is 20.8 Å². The molecule has 0 amide bonds. The summed E-state index contributed by atoms with van der Waals surface area (Å²) in [4.78, 5) is 23.9. The van der Waals surface area contributed by atoms with Gasteiger partial charge in [0.05, 0.1) is 0 Å². The van der Waals surface area contributed by atoms with Crippen LogP contribution in [0.3, 0.4) is 0 Å². The molecule has 0 radical (unpaired) electrons. The van der Waals surface area contributed by atoms with Crippen LogP contribution in [0.2, 0.25) is 0 Å². The molecule has 0 spiro atoms. The normalized spacial score (nSPS) is 41.5. The smallest absolute Gasteiger partial charge is 0.336 e. The second kappa shape index (κ2) is 6.84. The van der Waals surface area contributed by atoms with Gasteiger partial charge >= 0.3 is 11.9 Å². The number of esters is 1. The zero-order valence-corrected chi connectivity index (χ0v) is 16.2. The number of carbonyl (C=O) groups is 2. The quantitative estimate of drug-likeness (QED) is 0.602. The van der Waals surface area contributed by atoms with Crippen LogP contribution in [-0.4, -0.2) is 30.4 Å². The van der Waals surface area contributed by atoms with Crippen LogP contribution in [0.4, 0.5) is 0 Å². The van der Waals surface area contributed by atoms with Crippen LogP contribution in [0.25, 0.3) is 0 Å². The molecule has 3 aliphatic rings. The molecular weight excluding hydrogens is 332 g/mol. The van der Waals surface area contributed by atoms with Crippen molar-refractivity contribution in [2.45, 2.75) is 65.6 Å². The Balaban J connectivity index is 1.88. The first-order chi connectivity index (χ1) is 12.2. The summed E-state index contributed by atoms with van der Waals surface area (Å²) in [5.41, 5.74) is 0.928. The van der Waals surface area contributed by atoms with Gasteiger partial charge in [-0.1, -0.05) is 32.9 Å². The molecule has 1 saturated carbocycles. The molecule has 144 valence electrons. The molecule has 0 aromatic carbocycles. The monoisotopic (exact) mass is 362 g/mol. The molecule has 0 unspecified atom stereocenters. The van der Waals surface area contributed by atoms with Crippen molar-refractivity contribution in [3.63, 3.8) is 0 Å². The van der Waals surface area contributed by atoms with Gasteiger partial charge in [-0.25, -0.2) is 9.59 Å². The number of carboxylic acids is 1. The maximum atomic E-state index is 12.0. The van der Waals surface area contributed by atoms with Crippen molar-refractivity contribution in [3.05, 3.63) is 23.3 Å². The van der Waals surface area contributed by atoms with Gasteiger partial charge in [0.2, 0.25) is 6.29 Å². The largest absolute Gasteiger partial charge is 0.478 e. The van der Waals surface area contributed by atoms with Gasteiger partial charge in [0.1, 0.15) is 0 Å². The van der Waals surface area contributed by atoms with Gasteiger partial charge in [-0.3, -0.25) is 0 Å². The predicted octanol–water partition coefficient (Wildman–Crippen LogP) is 4.09. The Hall–Kier alpha value is -1.62. The Bertz CT molecular complexity index is 663. The zero-order valence-electron chi connectivity index (χ0n) is 16.2. The van der Waals surface area contributed by atoms with Crippen molar-refractivity contribution in [1.29, 1.82) is 0 Å². The highest BCUT2D eigenvalue weighted by atomic mass is 16.7. The lowest BCUT2D eigenvalue weighted by Gasteiger charge is -2.57. The molecule has 1 saturated heterocycles. The number of aliphatic carboxylic acids is 1. The number of rotatable bonds is 4. The Kier molecular flexibility index (Phi) is 5.04. The summed E-state index contributed by atoms with van der Waals surface area (Å²) in [6.45, 7) is 6.66. The molecule has 26 heavy (non-hydrogen) atoms. The van der Waals surface area contributed by atoms with E-state index in [4.69, 9.17) is 9.47 Å². The molecule has 2 aliphatic carbocycles. The van der Waals surface area contributed by atoms with Gasteiger partial charge in [0.25, 0.3) is 0 Å². The minimum absolute atomic E-state index is 0.0413. The highest BCUT2D eigenvalue weighted by molar-refractivity contribution is 5.90. The van der Waals surface area contributed by atoms with Crippen LogP contribution in [0.5, 0.6) is 0 Å². The number of hydrogen-bond acceptors (Lipinski definition) is 4. The molecular formula is C21H30O5. The Labute approximate surface area is 155 Å². The van der Waals surface area contributed by atoms with Crippen molar-refractivity contribution in [2.75, 3.05) is 7.11 Å². The Morgan fingerprint density at radius 2 is 2.15 bits per heavy atom. The van der Waals surface area contributed by atoms with Gasteiger partial charge < -0.3 is 14.6 Å². The van der Waals surface area contributed by atoms with E-state index in [9.17, 15) is 14.7 Å². The third-order valence-corrected chi connectivity index (χ3v) is 7.38. The molecule has 1 heterocycles. The number of ether oxygens (including phenoxy) is 2. The first-order valence-corrected chi connectivity index (χ1v) is 9.59. The Morgan fingerprint density at radius 3 is 2.77 bits per heavy atom. The lowest BCUT2D eigenvalue weighted by Crippen LogP contribution is -2.50. The van der Waals surface area contributed by atoms with Crippen molar-refractivity contribution >= 4 is 11.9 Å². The number of carbonyl (C=O) groups excluding carboxylic acids is 1. The SMILES string of the molecule is CO[C@@H]1CC(=CC[C@@]2(C)[C@H](C)CC[C@@]3(C)C(C(=O)O)=CCC[C@H]23)C(=O)O1. The second-order valence-electron chi connectivity index (χ2n) is 8.62. The van der Waals surface area contributed by atoms with E-state index in [0.717, 1.165) is 32.1 Å². The summed E-state index contributed by atoms with van der Waals surface area (Å²) in [5, 5.41) is 9.72. The minimum atomic E-state index is -0.783. The van der Waals surface area contributed by atoms with Gasteiger partial charge in [-0.05, 0) is 49.4 Å². The first-order valence-electron chi connectivity index (χ1n) is 9.59.